The number of nitrogens with zero attached hydrogens (tertiary/aromatic N) is 1. The van der Waals surface area contributed by atoms with Crippen molar-refractivity contribution in [1.29, 1.82) is 0 Å². The summed E-state index contributed by atoms with van der Waals surface area (Å²) in [5.74, 6) is -0.673. The molecule has 1 aromatic heterocycles. The fourth-order valence-corrected chi connectivity index (χ4v) is 3.15. The van der Waals surface area contributed by atoms with Gasteiger partial charge >= 0.3 is 5.97 Å². The molecule has 1 atom stereocenters. The van der Waals surface area contributed by atoms with E-state index in [1.165, 1.54) is 9.75 Å². The Morgan fingerprint density at radius 3 is 3.00 bits per heavy atom. The number of rotatable bonds is 3. The number of piperidine rings is 1. The van der Waals surface area contributed by atoms with E-state index in [1.54, 1.807) is 11.3 Å². The highest BCUT2D eigenvalue weighted by atomic mass is 32.1. The predicted octanol–water partition coefficient (Wildman–Crippen LogP) is 2.50. The Bertz CT molecular complexity index is 375. The van der Waals surface area contributed by atoms with Crippen LogP contribution < -0.4 is 0 Å². The molecule has 0 amide bonds. The van der Waals surface area contributed by atoms with E-state index in [1.807, 2.05) is 0 Å². The zero-order chi connectivity index (χ0) is 11.5. The van der Waals surface area contributed by atoms with Crippen molar-refractivity contribution in [1.82, 2.24) is 4.90 Å². The summed E-state index contributed by atoms with van der Waals surface area (Å²) in [5, 5.41) is 9.15. The lowest BCUT2D eigenvalue weighted by molar-refractivity contribution is -0.144. The van der Waals surface area contributed by atoms with Gasteiger partial charge in [0.15, 0.2) is 0 Å². The van der Waals surface area contributed by atoms with Crippen molar-refractivity contribution in [2.75, 3.05) is 6.54 Å². The first-order chi connectivity index (χ1) is 7.66. The molecule has 4 heteroatoms. The van der Waals surface area contributed by atoms with E-state index in [0.717, 1.165) is 32.4 Å². The monoisotopic (exact) mass is 239 g/mol. The highest BCUT2D eigenvalue weighted by Crippen LogP contribution is 2.23. The maximum absolute atomic E-state index is 11.1. The minimum atomic E-state index is -0.673. The van der Waals surface area contributed by atoms with Crippen molar-refractivity contribution in [2.24, 2.45) is 0 Å². The van der Waals surface area contributed by atoms with Crippen molar-refractivity contribution in [2.45, 2.75) is 38.8 Å². The molecule has 16 heavy (non-hydrogen) atoms. The van der Waals surface area contributed by atoms with Crippen LogP contribution in [0.25, 0.3) is 0 Å². The SMILES string of the molecule is Cc1ccc(CN2CCCC[C@@H]2C(=O)O)s1. The van der Waals surface area contributed by atoms with Gasteiger partial charge in [-0.15, -0.1) is 11.3 Å². The molecule has 0 aliphatic carbocycles. The van der Waals surface area contributed by atoms with Crippen LogP contribution in [-0.4, -0.2) is 28.6 Å². The molecule has 0 aromatic carbocycles. The van der Waals surface area contributed by atoms with Crippen LogP contribution in [0.2, 0.25) is 0 Å². The van der Waals surface area contributed by atoms with E-state index in [0.29, 0.717) is 0 Å². The number of aryl methyl sites for hydroxylation is 1. The largest absolute Gasteiger partial charge is 0.480 e. The van der Waals surface area contributed by atoms with Gasteiger partial charge in [0.2, 0.25) is 0 Å². The van der Waals surface area contributed by atoms with E-state index < -0.39 is 5.97 Å². The molecule has 1 N–H and O–H groups in total. The van der Waals surface area contributed by atoms with Gasteiger partial charge in [0.05, 0.1) is 0 Å². The van der Waals surface area contributed by atoms with Crippen LogP contribution in [0.15, 0.2) is 12.1 Å². The lowest BCUT2D eigenvalue weighted by Gasteiger charge is -2.32. The maximum atomic E-state index is 11.1. The topological polar surface area (TPSA) is 40.5 Å². The molecular formula is C12H17NO2S. The Morgan fingerprint density at radius 2 is 2.38 bits per heavy atom. The number of hydrogen-bond donors (Lipinski definition) is 1. The molecule has 0 unspecified atom stereocenters. The lowest BCUT2D eigenvalue weighted by Crippen LogP contribution is -2.43. The summed E-state index contributed by atoms with van der Waals surface area (Å²) in [4.78, 5) is 15.8. The van der Waals surface area contributed by atoms with Crippen molar-refractivity contribution < 1.29 is 9.90 Å². The Kier molecular flexibility index (Phi) is 3.61. The maximum Gasteiger partial charge on any atom is 0.320 e. The molecule has 0 spiro atoms. The number of carboxylic acids is 1. The van der Waals surface area contributed by atoms with E-state index in [9.17, 15) is 4.79 Å². The number of hydrogen-bond acceptors (Lipinski definition) is 3. The summed E-state index contributed by atoms with van der Waals surface area (Å²) < 4.78 is 0. The second-order valence-electron chi connectivity index (χ2n) is 4.33. The second-order valence-corrected chi connectivity index (χ2v) is 5.71. The van der Waals surface area contributed by atoms with Crippen molar-refractivity contribution in [3.05, 3.63) is 21.9 Å². The molecule has 0 saturated carbocycles. The predicted molar refractivity (Wildman–Crippen MR) is 64.7 cm³/mol. The summed E-state index contributed by atoms with van der Waals surface area (Å²) in [7, 11) is 0. The average molecular weight is 239 g/mol. The zero-order valence-electron chi connectivity index (χ0n) is 9.48. The molecule has 1 fully saturated rings. The summed E-state index contributed by atoms with van der Waals surface area (Å²) >= 11 is 1.76. The first kappa shape index (κ1) is 11.6. The molecule has 1 aliphatic heterocycles. The summed E-state index contributed by atoms with van der Waals surface area (Å²) in [6.45, 7) is 3.78. The third-order valence-corrected chi connectivity index (χ3v) is 4.04. The Hall–Kier alpha value is -0.870. The Morgan fingerprint density at radius 1 is 1.56 bits per heavy atom. The van der Waals surface area contributed by atoms with Gasteiger partial charge < -0.3 is 5.11 Å². The minimum Gasteiger partial charge on any atom is -0.480 e. The number of carboxylic acid groups (broad SMARTS) is 1. The minimum absolute atomic E-state index is 0.281. The summed E-state index contributed by atoms with van der Waals surface area (Å²) in [5.41, 5.74) is 0. The van der Waals surface area contributed by atoms with Gasteiger partial charge in [-0.25, -0.2) is 0 Å². The van der Waals surface area contributed by atoms with Gasteiger partial charge in [0.1, 0.15) is 6.04 Å². The van der Waals surface area contributed by atoms with Crippen molar-refractivity contribution in [3.8, 4) is 0 Å². The number of aliphatic carboxylic acids is 1. The van der Waals surface area contributed by atoms with E-state index in [-0.39, 0.29) is 6.04 Å². The fraction of sp³-hybridized carbons (Fsp3) is 0.583. The normalized spacial score (nSPS) is 22.2. The van der Waals surface area contributed by atoms with Crippen molar-refractivity contribution in [3.63, 3.8) is 0 Å². The number of likely N-dealkylation sites (tertiary alicyclic amines) is 1. The third kappa shape index (κ3) is 2.62. The van der Waals surface area contributed by atoms with Gasteiger partial charge in [0.25, 0.3) is 0 Å². The highest BCUT2D eigenvalue weighted by Gasteiger charge is 2.28. The van der Waals surface area contributed by atoms with Crippen molar-refractivity contribution >= 4 is 17.3 Å². The molecule has 88 valence electrons. The van der Waals surface area contributed by atoms with Crippen LogP contribution in [0.5, 0.6) is 0 Å². The van der Waals surface area contributed by atoms with Crippen LogP contribution in [0, 0.1) is 6.92 Å². The standard InChI is InChI=1S/C12H17NO2S/c1-9-5-6-10(16-9)8-13-7-3-2-4-11(13)12(14)15/h5-6,11H,2-4,7-8H2,1H3,(H,14,15)/t11-/m1/s1. The van der Waals surface area contributed by atoms with Crippen LogP contribution in [0.4, 0.5) is 0 Å². The average Bonchev–Trinajstić information content (AvgIpc) is 2.64. The van der Waals surface area contributed by atoms with Gasteiger partial charge in [-0.3, -0.25) is 9.69 Å². The van der Waals surface area contributed by atoms with Crippen LogP contribution >= 0.6 is 11.3 Å². The summed E-state index contributed by atoms with van der Waals surface area (Å²) in [6, 6.07) is 3.92. The van der Waals surface area contributed by atoms with Crippen LogP contribution in [-0.2, 0) is 11.3 Å². The highest BCUT2D eigenvalue weighted by molar-refractivity contribution is 7.11. The number of thiophene rings is 1. The molecular weight excluding hydrogens is 222 g/mol. The molecule has 0 radical (unpaired) electrons. The lowest BCUT2D eigenvalue weighted by atomic mass is 10.0. The van der Waals surface area contributed by atoms with E-state index >= 15 is 0 Å². The second kappa shape index (κ2) is 4.97. The smallest absolute Gasteiger partial charge is 0.320 e. The Balaban J connectivity index is 2.03. The zero-order valence-corrected chi connectivity index (χ0v) is 10.3. The third-order valence-electron chi connectivity index (χ3n) is 3.05. The molecule has 2 rings (SSSR count). The van der Waals surface area contributed by atoms with E-state index in [4.69, 9.17) is 5.11 Å². The molecule has 1 saturated heterocycles. The molecule has 1 aliphatic rings. The summed E-state index contributed by atoms with van der Waals surface area (Å²) in [6.07, 6.45) is 2.95. The van der Waals surface area contributed by atoms with Gasteiger partial charge in [0, 0.05) is 16.3 Å². The quantitative estimate of drug-likeness (QED) is 0.881. The Labute approximate surface area is 99.7 Å². The van der Waals surface area contributed by atoms with Crippen LogP contribution in [0.1, 0.15) is 29.0 Å². The van der Waals surface area contributed by atoms with Gasteiger partial charge in [-0.05, 0) is 38.4 Å². The fourth-order valence-electron chi connectivity index (χ4n) is 2.23. The van der Waals surface area contributed by atoms with E-state index in [2.05, 4.69) is 24.0 Å². The molecule has 0 bridgehead atoms. The number of carbonyl (C=O) groups is 1. The van der Waals surface area contributed by atoms with Gasteiger partial charge in [-0.1, -0.05) is 6.42 Å². The molecule has 1 aromatic rings. The molecule has 2 heterocycles. The first-order valence-electron chi connectivity index (χ1n) is 5.69. The molecule has 3 nitrogen and oxygen atoms in total. The van der Waals surface area contributed by atoms with Gasteiger partial charge in [-0.2, -0.15) is 0 Å². The van der Waals surface area contributed by atoms with Crippen LogP contribution in [0.3, 0.4) is 0 Å². The first-order valence-corrected chi connectivity index (χ1v) is 6.50.